The fraction of sp³-hybridized carbons (Fsp3) is 0.579. The minimum absolute atomic E-state index is 0.0867. The molecule has 1 atom stereocenters. The molecule has 2 aromatic heterocycles. The molecule has 0 fully saturated rings. The van der Waals surface area contributed by atoms with Crippen LogP contribution in [0.1, 0.15) is 50.6 Å². The number of hydrazone groups is 1. The predicted octanol–water partition coefficient (Wildman–Crippen LogP) is 4.47. The van der Waals surface area contributed by atoms with Gasteiger partial charge in [0.25, 0.3) is 5.56 Å². The van der Waals surface area contributed by atoms with Gasteiger partial charge in [0, 0.05) is 6.54 Å². The lowest BCUT2D eigenvalue weighted by Gasteiger charge is -2.20. The Balaban J connectivity index is 2.65. The summed E-state index contributed by atoms with van der Waals surface area (Å²) in [5.41, 5.74) is -1.47. The van der Waals surface area contributed by atoms with Crippen LogP contribution in [0.15, 0.2) is 14.7 Å². The lowest BCUT2D eigenvalue weighted by molar-refractivity contribution is -0.164. The molecule has 0 saturated heterocycles. The Hall–Kier alpha value is -2.84. The third kappa shape index (κ3) is 6.39. The van der Waals surface area contributed by atoms with Crippen LogP contribution in [0.3, 0.4) is 0 Å². The lowest BCUT2D eigenvalue weighted by atomic mass is 10.2. The van der Waals surface area contributed by atoms with Crippen molar-refractivity contribution in [1.82, 2.24) is 14.6 Å². The average molecular weight is 516 g/mol. The highest BCUT2D eigenvalue weighted by Gasteiger charge is 2.40. The zero-order valence-corrected chi connectivity index (χ0v) is 19.5. The van der Waals surface area contributed by atoms with Crippen LogP contribution in [0.2, 0.25) is 0 Å². The average Bonchev–Trinajstić information content (AvgIpc) is 2.95. The van der Waals surface area contributed by atoms with Crippen LogP contribution in [0.4, 0.5) is 31.1 Å². The Morgan fingerprint density at radius 1 is 1.18 bits per heavy atom. The summed E-state index contributed by atoms with van der Waals surface area (Å²) in [4.78, 5) is 37.2. The Labute approximate surface area is 192 Å². The van der Waals surface area contributed by atoms with Gasteiger partial charge in [-0.25, -0.2) is 19.6 Å². The monoisotopic (exact) mass is 516 g/mol. The molecule has 2 aromatic rings. The van der Waals surface area contributed by atoms with Crippen LogP contribution < -0.4 is 16.7 Å². The number of rotatable bonds is 5. The molecule has 0 aliphatic carbocycles. The second-order valence-corrected chi connectivity index (χ2v) is 9.37. The molecule has 1 N–H and O–H groups in total. The number of nitrogens with zero attached hydrogens (tertiary/aromatic N) is 3. The van der Waals surface area contributed by atoms with Crippen LogP contribution >= 0.6 is 11.3 Å². The van der Waals surface area contributed by atoms with E-state index in [0.717, 1.165) is 6.21 Å². The van der Waals surface area contributed by atoms with E-state index < -0.39 is 54.3 Å². The first kappa shape index (κ1) is 27.4. The second-order valence-electron chi connectivity index (χ2n) is 8.34. The van der Waals surface area contributed by atoms with Gasteiger partial charge in [0.2, 0.25) is 0 Å². The van der Waals surface area contributed by atoms with Gasteiger partial charge < -0.3 is 4.74 Å². The van der Waals surface area contributed by atoms with Gasteiger partial charge in [0.1, 0.15) is 16.5 Å². The molecule has 0 aliphatic rings. The molecule has 0 aliphatic heterocycles. The van der Waals surface area contributed by atoms with E-state index in [1.807, 2.05) is 0 Å². The molecule has 190 valence electrons. The van der Waals surface area contributed by atoms with Crippen molar-refractivity contribution < 1.29 is 35.9 Å². The Kier molecular flexibility index (Phi) is 7.60. The van der Waals surface area contributed by atoms with Crippen LogP contribution in [-0.4, -0.2) is 39.4 Å². The number of alkyl halides is 6. The van der Waals surface area contributed by atoms with E-state index in [-0.39, 0.29) is 25.2 Å². The first-order chi connectivity index (χ1) is 15.3. The summed E-state index contributed by atoms with van der Waals surface area (Å²) in [6.07, 6.45) is -11.0. The Morgan fingerprint density at radius 3 is 2.26 bits per heavy atom. The first-order valence-electron chi connectivity index (χ1n) is 9.77. The highest BCUT2D eigenvalue weighted by molar-refractivity contribution is 7.20. The van der Waals surface area contributed by atoms with Crippen LogP contribution in [0.25, 0.3) is 10.2 Å². The van der Waals surface area contributed by atoms with E-state index in [4.69, 9.17) is 4.74 Å². The van der Waals surface area contributed by atoms with E-state index in [2.05, 4.69) is 10.5 Å². The smallest absolute Gasteiger partial charge is 0.428 e. The summed E-state index contributed by atoms with van der Waals surface area (Å²) in [5.74, 6) is 0. The molecule has 15 heteroatoms. The molecule has 0 saturated carbocycles. The van der Waals surface area contributed by atoms with Crippen LogP contribution in [0.5, 0.6) is 0 Å². The lowest BCUT2D eigenvalue weighted by Crippen LogP contribution is -2.45. The van der Waals surface area contributed by atoms with Gasteiger partial charge in [0.15, 0.2) is 0 Å². The fourth-order valence-corrected chi connectivity index (χ4v) is 4.06. The second kappa shape index (κ2) is 9.43. The van der Waals surface area contributed by atoms with Crippen LogP contribution in [0, 0.1) is 6.92 Å². The largest absolute Gasteiger partial charge is 0.443 e. The Morgan fingerprint density at radius 2 is 1.76 bits per heavy atom. The van der Waals surface area contributed by atoms with Crippen molar-refractivity contribution in [3.05, 3.63) is 31.3 Å². The number of carbonyl (C=O) groups excluding carboxylic acids is 1. The Bertz CT molecular complexity index is 1220. The molecule has 0 radical (unpaired) electrons. The maximum atomic E-state index is 13.3. The standard InChI is InChI=1S/C19H22F6N4O4S/c1-9-11(8-26-27-15(31)33-17(3,4)5)34-14-12(9)13(30)29(10(2)19(23,24)25)16(32)28(14)7-6-18(20,21)22/h8,10H,6-7H2,1-5H3,(H,27,31). The number of aryl methyl sites for hydroxylation is 2. The van der Waals surface area contributed by atoms with Crippen molar-refractivity contribution in [2.45, 2.75) is 71.6 Å². The molecule has 34 heavy (non-hydrogen) atoms. The molecule has 1 unspecified atom stereocenters. The molecule has 0 spiro atoms. The summed E-state index contributed by atoms with van der Waals surface area (Å²) in [6, 6.07) is -2.57. The number of hydrogen-bond acceptors (Lipinski definition) is 6. The summed E-state index contributed by atoms with van der Waals surface area (Å²) >= 11 is 0.682. The number of thiophene rings is 1. The van der Waals surface area contributed by atoms with Crippen molar-refractivity contribution in [2.24, 2.45) is 5.10 Å². The summed E-state index contributed by atoms with van der Waals surface area (Å²) in [7, 11) is 0. The fourth-order valence-electron chi connectivity index (χ4n) is 2.87. The molecule has 0 aromatic carbocycles. The quantitative estimate of drug-likeness (QED) is 0.361. The number of fused-ring (bicyclic) bond motifs is 1. The predicted molar refractivity (Wildman–Crippen MR) is 113 cm³/mol. The third-order valence-corrected chi connectivity index (χ3v) is 5.75. The summed E-state index contributed by atoms with van der Waals surface area (Å²) < 4.78 is 83.7. The van der Waals surface area contributed by atoms with Gasteiger partial charge >= 0.3 is 24.1 Å². The maximum Gasteiger partial charge on any atom is 0.428 e. The number of hydrogen-bond donors (Lipinski definition) is 1. The van der Waals surface area contributed by atoms with Gasteiger partial charge in [-0.15, -0.1) is 11.3 Å². The highest BCUT2D eigenvalue weighted by Crippen LogP contribution is 2.31. The molecular weight excluding hydrogens is 494 g/mol. The van der Waals surface area contributed by atoms with Gasteiger partial charge in [-0.2, -0.15) is 31.4 Å². The van der Waals surface area contributed by atoms with Crippen molar-refractivity contribution in [3.63, 3.8) is 0 Å². The summed E-state index contributed by atoms with van der Waals surface area (Å²) in [6.45, 7) is 5.75. The molecule has 0 bridgehead atoms. The summed E-state index contributed by atoms with van der Waals surface area (Å²) in [5, 5.41) is 3.30. The van der Waals surface area contributed by atoms with Gasteiger partial charge in [0.05, 0.1) is 22.9 Å². The van der Waals surface area contributed by atoms with E-state index in [0.29, 0.717) is 22.8 Å². The van der Waals surface area contributed by atoms with Crippen molar-refractivity contribution in [3.8, 4) is 0 Å². The maximum absolute atomic E-state index is 13.3. The molecule has 2 rings (SSSR count). The number of ether oxygens (including phenoxy) is 1. The third-order valence-electron chi connectivity index (χ3n) is 4.50. The van der Waals surface area contributed by atoms with E-state index in [1.54, 1.807) is 20.8 Å². The van der Waals surface area contributed by atoms with E-state index >= 15 is 0 Å². The molecule has 8 nitrogen and oxygen atoms in total. The zero-order valence-electron chi connectivity index (χ0n) is 18.7. The molecule has 2 heterocycles. The molecule has 1 amide bonds. The highest BCUT2D eigenvalue weighted by atomic mass is 32.1. The van der Waals surface area contributed by atoms with E-state index in [1.165, 1.54) is 6.92 Å². The van der Waals surface area contributed by atoms with Crippen molar-refractivity contribution in [1.29, 1.82) is 0 Å². The van der Waals surface area contributed by atoms with Gasteiger partial charge in [-0.1, -0.05) is 0 Å². The first-order valence-corrected chi connectivity index (χ1v) is 10.6. The van der Waals surface area contributed by atoms with Gasteiger partial charge in [-0.3, -0.25) is 9.36 Å². The van der Waals surface area contributed by atoms with Crippen molar-refractivity contribution in [2.75, 3.05) is 0 Å². The minimum Gasteiger partial charge on any atom is -0.443 e. The molecular formula is C19H22F6N4O4S. The van der Waals surface area contributed by atoms with Crippen LogP contribution in [-0.2, 0) is 11.3 Å². The van der Waals surface area contributed by atoms with Crippen molar-refractivity contribution >= 4 is 33.9 Å². The minimum atomic E-state index is -5.00. The number of amides is 1. The normalized spacial score (nSPS) is 14.1. The van der Waals surface area contributed by atoms with Gasteiger partial charge in [-0.05, 0) is 40.2 Å². The number of halogens is 6. The van der Waals surface area contributed by atoms with E-state index in [9.17, 15) is 40.7 Å². The number of aromatic nitrogens is 2. The number of nitrogens with one attached hydrogen (secondary N) is 1. The topological polar surface area (TPSA) is 94.7 Å². The SMILES string of the molecule is Cc1c(C=NNC(=O)OC(C)(C)C)sc2c1c(=O)n(C(C)C(F)(F)F)c(=O)n2CCC(F)(F)F. The zero-order chi connectivity index (χ0) is 26.2. The number of carbonyl (C=O) groups is 1.